The first-order valence-electron chi connectivity index (χ1n) is 4.75. The van der Waals surface area contributed by atoms with Gasteiger partial charge in [0.15, 0.2) is 0 Å². The summed E-state index contributed by atoms with van der Waals surface area (Å²) in [6.07, 6.45) is 4.78. The van der Waals surface area contributed by atoms with Crippen LogP contribution in [-0.4, -0.2) is 0 Å². The van der Waals surface area contributed by atoms with Crippen LogP contribution in [0.3, 0.4) is 0 Å². The van der Waals surface area contributed by atoms with Gasteiger partial charge in [-0.2, -0.15) is 0 Å². The maximum absolute atomic E-state index is 2.43. The fourth-order valence-electron chi connectivity index (χ4n) is 3.79. The highest BCUT2D eigenvalue weighted by Gasteiger charge is 2.72. The van der Waals surface area contributed by atoms with Crippen LogP contribution in [0.4, 0.5) is 0 Å². The lowest BCUT2D eigenvalue weighted by atomic mass is 9.87. The highest BCUT2D eigenvalue weighted by molar-refractivity contribution is 5.21. The molecule has 3 saturated carbocycles. The molecule has 0 heterocycles. The second-order valence-corrected chi connectivity index (χ2v) is 5.01. The number of rotatable bonds is 1. The van der Waals surface area contributed by atoms with Crippen LogP contribution in [0.5, 0.6) is 0 Å². The average Bonchev–Trinajstić information content (AvgIpc) is 2.70. The fraction of sp³-hybridized carbons (Fsp3) is 1.00. The lowest BCUT2D eigenvalue weighted by Gasteiger charge is -2.18. The Bertz CT molecular complexity index is 178. The largest absolute Gasteiger partial charge is 0.0622 e. The first-order valence-corrected chi connectivity index (χ1v) is 4.75. The van der Waals surface area contributed by atoms with Crippen molar-refractivity contribution >= 4 is 0 Å². The SMILES string of the molecule is CC(C)C12CC1CC1CC12. The zero-order valence-corrected chi connectivity index (χ0v) is 6.93. The van der Waals surface area contributed by atoms with Gasteiger partial charge in [-0.3, -0.25) is 0 Å². The number of hydrogen-bond acceptors (Lipinski definition) is 0. The topological polar surface area (TPSA) is 0 Å². The lowest BCUT2D eigenvalue weighted by molar-refractivity contribution is 0.304. The third-order valence-corrected chi connectivity index (χ3v) is 4.48. The molecule has 4 atom stereocenters. The van der Waals surface area contributed by atoms with Gasteiger partial charge in [0.05, 0.1) is 0 Å². The second-order valence-electron chi connectivity index (χ2n) is 5.01. The molecular weight excluding hydrogens is 120 g/mol. The van der Waals surface area contributed by atoms with Crippen LogP contribution in [0.2, 0.25) is 0 Å². The molecule has 56 valence electrons. The molecule has 10 heavy (non-hydrogen) atoms. The van der Waals surface area contributed by atoms with Crippen LogP contribution in [0.15, 0.2) is 0 Å². The Balaban J connectivity index is 1.93. The molecule has 0 aromatic carbocycles. The van der Waals surface area contributed by atoms with Gasteiger partial charge >= 0.3 is 0 Å². The average molecular weight is 136 g/mol. The first kappa shape index (κ1) is 5.62. The number of fused-ring (bicyclic) bond motifs is 3. The molecule has 0 saturated heterocycles. The van der Waals surface area contributed by atoms with Crippen LogP contribution < -0.4 is 0 Å². The minimum atomic E-state index is 0.894. The maximum Gasteiger partial charge on any atom is -0.0212 e. The van der Waals surface area contributed by atoms with Crippen molar-refractivity contribution in [3.05, 3.63) is 0 Å². The lowest BCUT2D eigenvalue weighted by Crippen LogP contribution is -2.12. The molecule has 3 fully saturated rings. The van der Waals surface area contributed by atoms with E-state index in [9.17, 15) is 0 Å². The maximum atomic E-state index is 2.43. The predicted molar refractivity (Wildman–Crippen MR) is 41.6 cm³/mol. The highest BCUT2D eigenvalue weighted by atomic mass is 14.8. The minimum Gasteiger partial charge on any atom is -0.0622 e. The van der Waals surface area contributed by atoms with E-state index in [4.69, 9.17) is 0 Å². The van der Waals surface area contributed by atoms with Crippen molar-refractivity contribution in [2.24, 2.45) is 29.1 Å². The van der Waals surface area contributed by atoms with Gasteiger partial charge in [0.2, 0.25) is 0 Å². The summed E-state index contributed by atoms with van der Waals surface area (Å²) in [6, 6.07) is 0. The van der Waals surface area contributed by atoms with E-state index in [1.807, 2.05) is 0 Å². The molecular formula is C10H16. The summed E-state index contributed by atoms with van der Waals surface area (Å²) < 4.78 is 0. The van der Waals surface area contributed by atoms with Crippen LogP contribution >= 0.6 is 0 Å². The van der Waals surface area contributed by atoms with E-state index in [0.29, 0.717) is 0 Å². The molecule has 0 nitrogen and oxygen atoms in total. The van der Waals surface area contributed by atoms with Gasteiger partial charge in [0.1, 0.15) is 0 Å². The molecule has 0 heteroatoms. The van der Waals surface area contributed by atoms with Crippen molar-refractivity contribution in [3.63, 3.8) is 0 Å². The van der Waals surface area contributed by atoms with E-state index < -0.39 is 0 Å². The molecule has 0 radical (unpaired) electrons. The van der Waals surface area contributed by atoms with E-state index in [1.165, 1.54) is 17.8 Å². The monoisotopic (exact) mass is 136 g/mol. The van der Waals surface area contributed by atoms with Gasteiger partial charge < -0.3 is 0 Å². The molecule has 0 amide bonds. The summed E-state index contributed by atoms with van der Waals surface area (Å²) in [5.74, 6) is 4.55. The van der Waals surface area contributed by atoms with E-state index in [1.54, 1.807) is 19.3 Å². The highest BCUT2D eigenvalue weighted by Crippen LogP contribution is 2.80. The van der Waals surface area contributed by atoms with E-state index in [-0.39, 0.29) is 0 Å². The Morgan fingerprint density at radius 3 is 2.50 bits per heavy atom. The predicted octanol–water partition coefficient (Wildman–Crippen LogP) is 2.69. The van der Waals surface area contributed by atoms with Crippen molar-refractivity contribution in [3.8, 4) is 0 Å². The second kappa shape index (κ2) is 1.31. The Hall–Kier alpha value is 0. The third-order valence-electron chi connectivity index (χ3n) is 4.48. The molecule has 0 aromatic heterocycles. The molecule has 3 aliphatic carbocycles. The van der Waals surface area contributed by atoms with Crippen LogP contribution in [0.25, 0.3) is 0 Å². The summed E-state index contributed by atoms with van der Waals surface area (Å²) in [5.41, 5.74) is 0.894. The van der Waals surface area contributed by atoms with E-state index in [2.05, 4.69) is 13.8 Å². The molecule has 3 aliphatic rings. The summed E-state index contributed by atoms with van der Waals surface area (Å²) >= 11 is 0. The normalized spacial score (nSPS) is 62.1. The standard InChI is InChI=1S/C10H16/c1-6(2)10-5-8(10)3-7-4-9(7)10/h6-9H,3-5H2,1-2H3. The van der Waals surface area contributed by atoms with Crippen LogP contribution in [0.1, 0.15) is 33.1 Å². The Morgan fingerprint density at radius 2 is 2.10 bits per heavy atom. The summed E-state index contributed by atoms with van der Waals surface area (Å²) in [5, 5.41) is 0. The molecule has 4 unspecified atom stereocenters. The van der Waals surface area contributed by atoms with E-state index >= 15 is 0 Å². The molecule has 3 rings (SSSR count). The summed E-state index contributed by atoms with van der Waals surface area (Å²) in [7, 11) is 0. The third kappa shape index (κ3) is 0.408. The van der Waals surface area contributed by atoms with Crippen molar-refractivity contribution in [1.29, 1.82) is 0 Å². The van der Waals surface area contributed by atoms with Crippen molar-refractivity contribution in [1.82, 2.24) is 0 Å². The van der Waals surface area contributed by atoms with Gasteiger partial charge in [-0.15, -0.1) is 0 Å². The Morgan fingerprint density at radius 1 is 1.30 bits per heavy atom. The Labute approximate surface area is 63.0 Å². The van der Waals surface area contributed by atoms with Gasteiger partial charge in [-0.1, -0.05) is 13.8 Å². The first-order chi connectivity index (χ1) is 4.75. The zero-order chi connectivity index (χ0) is 6.93. The van der Waals surface area contributed by atoms with Gasteiger partial charge in [-0.05, 0) is 48.3 Å². The molecule has 0 aliphatic heterocycles. The zero-order valence-electron chi connectivity index (χ0n) is 6.93. The quantitative estimate of drug-likeness (QED) is 0.520. The van der Waals surface area contributed by atoms with Gasteiger partial charge in [0.25, 0.3) is 0 Å². The van der Waals surface area contributed by atoms with Crippen molar-refractivity contribution < 1.29 is 0 Å². The molecule has 0 bridgehead atoms. The van der Waals surface area contributed by atoms with Crippen molar-refractivity contribution in [2.75, 3.05) is 0 Å². The van der Waals surface area contributed by atoms with Crippen molar-refractivity contribution in [2.45, 2.75) is 33.1 Å². The summed E-state index contributed by atoms with van der Waals surface area (Å²) in [4.78, 5) is 0. The van der Waals surface area contributed by atoms with Gasteiger partial charge in [-0.25, -0.2) is 0 Å². The molecule has 0 spiro atoms. The van der Waals surface area contributed by atoms with Gasteiger partial charge in [0, 0.05) is 0 Å². The summed E-state index contributed by atoms with van der Waals surface area (Å²) in [6.45, 7) is 4.86. The van der Waals surface area contributed by atoms with Crippen LogP contribution in [0, 0.1) is 29.1 Å². The Kier molecular flexibility index (Phi) is 0.735. The van der Waals surface area contributed by atoms with E-state index in [0.717, 1.165) is 11.3 Å². The smallest absolute Gasteiger partial charge is 0.0212 e. The molecule has 0 N–H and O–H groups in total. The van der Waals surface area contributed by atoms with Crippen LogP contribution in [-0.2, 0) is 0 Å². The fourth-order valence-corrected chi connectivity index (χ4v) is 3.79. The number of hydrogen-bond donors (Lipinski definition) is 0. The molecule has 0 aromatic rings. The minimum absolute atomic E-state index is 0.894.